The van der Waals surface area contributed by atoms with Gasteiger partial charge in [-0.2, -0.15) is 0 Å². The smallest absolute Gasteiger partial charge is 0.161 e. The summed E-state index contributed by atoms with van der Waals surface area (Å²) in [5.41, 5.74) is 1.24. The van der Waals surface area contributed by atoms with Crippen molar-refractivity contribution in [3.8, 4) is 11.5 Å². The van der Waals surface area contributed by atoms with Crippen LogP contribution in [-0.2, 0) is 6.42 Å². The van der Waals surface area contributed by atoms with E-state index in [1.54, 1.807) is 0 Å². The Hall–Kier alpha value is -1.26. The second-order valence-electron chi connectivity index (χ2n) is 4.06. The lowest BCUT2D eigenvalue weighted by atomic mass is 10.1. The van der Waals surface area contributed by atoms with Gasteiger partial charge in [0.25, 0.3) is 0 Å². The SMILES string of the molecule is OCCCNCCc1ccc2c(c1)OCCO2. The number of hydrogen-bond donors (Lipinski definition) is 2. The van der Waals surface area contributed by atoms with Gasteiger partial charge in [-0.1, -0.05) is 6.07 Å². The van der Waals surface area contributed by atoms with Crippen molar-refractivity contribution in [3.63, 3.8) is 0 Å². The molecule has 0 radical (unpaired) electrons. The highest BCUT2D eigenvalue weighted by atomic mass is 16.6. The third kappa shape index (κ3) is 3.61. The number of fused-ring (bicyclic) bond motifs is 1. The molecule has 0 fully saturated rings. The molecule has 0 aliphatic carbocycles. The van der Waals surface area contributed by atoms with Gasteiger partial charge >= 0.3 is 0 Å². The van der Waals surface area contributed by atoms with Crippen molar-refractivity contribution >= 4 is 0 Å². The Kier molecular flexibility index (Phi) is 4.64. The molecular formula is C13H19NO3. The van der Waals surface area contributed by atoms with Crippen LogP contribution in [0.1, 0.15) is 12.0 Å². The van der Waals surface area contributed by atoms with E-state index < -0.39 is 0 Å². The molecule has 0 bridgehead atoms. The topological polar surface area (TPSA) is 50.7 Å². The van der Waals surface area contributed by atoms with Crippen LogP contribution in [0.3, 0.4) is 0 Å². The third-order valence-corrected chi connectivity index (χ3v) is 2.71. The van der Waals surface area contributed by atoms with E-state index in [2.05, 4.69) is 11.4 Å². The van der Waals surface area contributed by atoms with E-state index >= 15 is 0 Å². The van der Waals surface area contributed by atoms with E-state index in [0.717, 1.165) is 37.4 Å². The Labute approximate surface area is 102 Å². The fraction of sp³-hybridized carbons (Fsp3) is 0.538. The van der Waals surface area contributed by atoms with Gasteiger partial charge in [-0.05, 0) is 43.6 Å². The first-order valence-electron chi connectivity index (χ1n) is 6.10. The summed E-state index contributed by atoms with van der Waals surface area (Å²) in [5, 5.41) is 11.9. The minimum atomic E-state index is 0.247. The number of benzene rings is 1. The molecule has 2 rings (SSSR count). The quantitative estimate of drug-likeness (QED) is 0.724. The molecule has 0 saturated carbocycles. The average molecular weight is 237 g/mol. The van der Waals surface area contributed by atoms with Gasteiger partial charge in [0.1, 0.15) is 13.2 Å². The molecule has 1 aromatic rings. The highest BCUT2D eigenvalue weighted by Crippen LogP contribution is 2.30. The second-order valence-corrected chi connectivity index (χ2v) is 4.06. The molecule has 17 heavy (non-hydrogen) atoms. The lowest BCUT2D eigenvalue weighted by Gasteiger charge is -2.18. The first-order chi connectivity index (χ1) is 8.40. The second kappa shape index (κ2) is 6.47. The van der Waals surface area contributed by atoms with Gasteiger partial charge in [-0.15, -0.1) is 0 Å². The van der Waals surface area contributed by atoms with E-state index in [9.17, 15) is 0 Å². The van der Waals surface area contributed by atoms with Crippen LogP contribution in [0, 0.1) is 0 Å². The Bertz CT molecular complexity index is 355. The first kappa shape index (κ1) is 12.2. The van der Waals surface area contributed by atoms with Crippen molar-refractivity contribution in [2.24, 2.45) is 0 Å². The summed E-state index contributed by atoms with van der Waals surface area (Å²) >= 11 is 0. The van der Waals surface area contributed by atoms with E-state index in [1.165, 1.54) is 5.56 Å². The first-order valence-corrected chi connectivity index (χ1v) is 6.10. The predicted molar refractivity (Wildman–Crippen MR) is 65.7 cm³/mol. The van der Waals surface area contributed by atoms with Crippen LogP contribution in [0.4, 0.5) is 0 Å². The predicted octanol–water partition coefficient (Wildman–Crippen LogP) is 0.972. The van der Waals surface area contributed by atoms with E-state index in [1.807, 2.05) is 12.1 Å². The molecule has 0 amide bonds. The molecule has 4 nitrogen and oxygen atoms in total. The van der Waals surface area contributed by atoms with Crippen molar-refractivity contribution in [1.29, 1.82) is 0 Å². The molecule has 1 aliphatic heterocycles. The molecule has 1 aliphatic rings. The van der Waals surface area contributed by atoms with Gasteiger partial charge < -0.3 is 19.9 Å². The van der Waals surface area contributed by atoms with Crippen molar-refractivity contribution < 1.29 is 14.6 Å². The van der Waals surface area contributed by atoms with Crippen molar-refractivity contribution in [2.45, 2.75) is 12.8 Å². The van der Waals surface area contributed by atoms with E-state index in [4.69, 9.17) is 14.6 Å². The summed E-state index contributed by atoms with van der Waals surface area (Å²) in [7, 11) is 0. The van der Waals surface area contributed by atoms with E-state index in [0.29, 0.717) is 13.2 Å². The lowest BCUT2D eigenvalue weighted by Crippen LogP contribution is -2.19. The molecule has 0 spiro atoms. The Balaban J connectivity index is 1.81. The normalized spacial score (nSPS) is 13.7. The van der Waals surface area contributed by atoms with Crippen LogP contribution in [0.2, 0.25) is 0 Å². The standard InChI is InChI=1S/C13H19NO3/c15-7-1-5-14-6-4-11-2-3-12-13(10-11)17-9-8-16-12/h2-3,10,14-15H,1,4-9H2. The largest absolute Gasteiger partial charge is 0.486 e. The van der Waals surface area contributed by atoms with Crippen LogP contribution >= 0.6 is 0 Å². The molecule has 94 valence electrons. The number of rotatable bonds is 6. The molecule has 0 unspecified atom stereocenters. The lowest BCUT2D eigenvalue weighted by molar-refractivity contribution is 0.171. The monoisotopic (exact) mass is 237 g/mol. The van der Waals surface area contributed by atoms with Crippen LogP contribution < -0.4 is 14.8 Å². The fourth-order valence-corrected chi connectivity index (χ4v) is 1.81. The van der Waals surface area contributed by atoms with Crippen molar-refractivity contribution in [2.75, 3.05) is 32.9 Å². The minimum Gasteiger partial charge on any atom is -0.486 e. The van der Waals surface area contributed by atoms with Gasteiger partial charge in [-0.25, -0.2) is 0 Å². The Morgan fingerprint density at radius 3 is 2.76 bits per heavy atom. The maximum absolute atomic E-state index is 8.64. The van der Waals surface area contributed by atoms with Crippen LogP contribution in [0.5, 0.6) is 11.5 Å². The zero-order valence-corrected chi connectivity index (χ0v) is 9.95. The van der Waals surface area contributed by atoms with Crippen molar-refractivity contribution in [3.05, 3.63) is 23.8 Å². The Morgan fingerprint density at radius 2 is 1.94 bits per heavy atom. The Morgan fingerprint density at radius 1 is 1.12 bits per heavy atom. The number of aliphatic hydroxyl groups excluding tert-OH is 1. The number of ether oxygens (including phenoxy) is 2. The molecule has 0 saturated heterocycles. The zero-order chi connectivity index (χ0) is 11.9. The van der Waals surface area contributed by atoms with Gasteiger partial charge in [0, 0.05) is 6.61 Å². The van der Waals surface area contributed by atoms with Gasteiger partial charge in [0.2, 0.25) is 0 Å². The highest BCUT2D eigenvalue weighted by molar-refractivity contribution is 5.43. The highest BCUT2D eigenvalue weighted by Gasteiger charge is 2.11. The summed E-state index contributed by atoms with van der Waals surface area (Å²) < 4.78 is 11.0. The van der Waals surface area contributed by atoms with E-state index in [-0.39, 0.29) is 6.61 Å². The molecule has 4 heteroatoms. The van der Waals surface area contributed by atoms with Gasteiger partial charge in [-0.3, -0.25) is 0 Å². The molecular weight excluding hydrogens is 218 g/mol. The van der Waals surface area contributed by atoms with Crippen LogP contribution in [0.15, 0.2) is 18.2 Å². The third-order valence-electron chi connectivity index (χ3n) is 2.71. The number of hydrogen-bond acceptors (Lipinski definition) is 4. The van der Waals surface area contributed by atoms with Crippen LogP contribution in [-0.4, -0.2) is 38.0 Å². The van der Waals surface area contributed by atoms with Gasteiger partial charge in [0.05, 0.1) is 0 Å². The fourth-order valence-electron chi connectivity index (χ4n) is 1.81. The minimum absolute atomic E-state index is 0.247. The van der Waals surface area contributed by atoms with Crippen LogP contribution in [0.25, 0.3) is 0 Å². The number of aliphatic hydroxyl groups is 1. The van der Waals surface area contributed by atoms with Gasteiger partial charge in [0.15, 0.2) is 11.5 Å². The molecule has 0 atom stereocenters. The summed E-state index contributed by atoms with van der Waals surface area (Å²) in [4.78, 5) is 0. The molecule has 1 heterocycles. The summed E-state index contributed by atoms with van der Waals surface area (Å²) in [6, 6.07) is 6.08. The summed E-state index contributed by atoms with van der Waals surface area (Å²) in [6.07, 6.45) is 1.77. The summed E-state index contributed by atoms with van der Waals surface area (Å²) in [6.45, 7) is 3.29. The average Bonchev–Trinajstić information content (AvgIpc) is 2.38. The zero-order valence-electron chi connectivity index (χ0n) is 9.95. The molecule has 2 N–H and O–H groups in total. The maximum Gasteiger partial charge on any atom is 0.161 e. The molecule has 1 aromatic carbocycles. The summed E-state index contributed by atoms with van der Waals surface area (Å²) in [5.74, 6) is 1.69. The number of nitrogens with one attached hydrogen (secondary N) is 1. The molecule has 0 aromatic heterocycles. The maximum atomic E-state index is 8.64. The van der Waals surface area contributed by atoms with Crippen molar-refractivity contribution in [1.82, 2.24) is 5.32 Å².